The van der Waals surface area contributed by atoms with E-state index in [-0.39, 0.29) is 29.6 Å². The number of carboxylic acid groups (broad SMARTS) is 1. The highest BCUT2D eigenvalue weighted by molar-refractivity contribution is 5.85. The number of hydrogen-bond acceptors (Lipinski definition) is 4. The van der Waals surface area contributed by atoms with Gasteiger partial charge in [0.1, 0.15) is 12.4 Å². The van der Waals surface area contributed by atoms with E-state index in [9.17, 15) is 14.7 Å². The Balaban J connectivity index is 2.12. The second-order valence-corrected chi connectivity index (χ2v) is 9.39. The van der Waals surface area contributed by atoms with Crippen LogP contribution in [0, 0.1) is 28.1 Å². The van der Waals surface area contributed by atoms with Gasteiger partial charge in [0.15, 0.2) is 0 Å². The van der Waals surface area contributed by atoms with Crippen LogP contribution in [-0.2, 0) is 14.3 Å². The maximum Gasteiger partial charge on any atom is 0.329 e. The van der Waals surface area contributed by atoms with Crippen molar-refractivity contribution in [1.29, 1.82) is 0 Å². The van der Waals surface area contributed by atoms with Crippen LogP contribution in [0.2, 0.25) is 0 Å². The van der Waals surface area contributed by atoms with Gasteiger partial charge in [-0.1, -0.05) is 26.8 Å². The first-order valence-corrected chi connectivity index (χ1v) is 9.77. The molecular formula is C21H32O5. The first-order chi connectivity index (χ1) is 12.1. The number of carboxylic acids is 1. The minimum absolute atomic E-state index is 0.165. The van der Waals surface area contributed by atoms with Crippen molar-refractivity contribution < 1.29 is 24.5 Å². The molecule has 2 unspecified atom stereocenters. The van der Waals surface area contributed by atoms with Gasteiger partial charge in [0.05, 0.1) is 12.2 Å². The average molecular weight is 364 g/mol. The van der Waals surface area contributed by atoms with Gasteiger partial charge in [0, 0.05) is 23.2 Å². The minimum Gasteiger partial charge on any atom is -0.480 e. The zero-order chi connectivity index (χ0) is 19.3. The Morgan fingerprint density at radius 1 is 1.35 bits per heavy atom. The molecule has 146 valence electrons. The molecule has 26 heavy (non-hydrogen) atoms. The van der Waals surface area contributed by atoms with Crippen molar-refractivity contribution in [3.05, 3.63) is 12.7 Å². The molecule has 0 heterocycles. The second kappa shape index (κ2) is 6.45. The Kier molecular flexibility index (Phi) is 4.85. The van der Waals surface area contributed by atoms with E-state index in [4.69, 9.17) is 9.84 Å². The summed E-state index contributed by atoms with van der Waals surface area (Å²) >= 11 is 0. The van der Waals surface area contributed by atoms with Gasteiger partial charge in [0.2, 0.25) is 0 Å². The minimum atomic E-state index is -1.01. The Morgan fingerprint density at radius 2 is 2.04 bits per heavy atom. The van der Waals surface area contributed by atoms with Crippen molar-refractivity contribution in [2.75, 3.05) is 6.61 Å². The van der Waals surface area contributed by atoms with Crippen LogP contribution in [0.15, 0.2) is 12.7 Å². The summed E-state index contributed by atoms with van der Waals surface area (Å²) in [6, 6.07) is 0. The van der Waals surface area contributed by atoms with Crippen LogP contribution in [0.1, 0.15) is 59.3 Å². The Labute approximate surface area is 155 Å². The highest BCUT2D eigenvalue weighted by Gasteiger charge is 2.65. The molecule has 5 heteroatoms. The van der Waals surface area contributed by atoms with Crippen LogP contribution in [0.25, 0.3) is 0 Å². The standard InChI is InChI=1S/C21H32O5/c1-5-19(3)11-16(26-12-17(24)25)20(4)13(2)6-8-21(10-15(19)23)9-7-14(22)18(20)21/h5,13,15-16,18,23H,1,6-12H2,2-4H3,(H,24,25)/t13?,15-,16+,18?,19+,20-,21-/m0/s1. The molecule has 3 aliphatic rings. The molecule has 3 fully saturated rings. The van der Waals surface area contributed by atoms with Crippen LogP contribution >= 0.6 is 0 Å². The largest absolute Gasteiger partial charge is 0.480 e. The summed E-state index contributed by atoms with van der Waals surface area (Å²) in [5.41, 5.74) is -1.19. The third kappa shape index (κ3) is 2.75. The molecule has 2 bridgehead atoms. The third-order valence-electron chi connectivity index (χ3n) is 8.12. The molecule has 7 atom stereocenters. The number of aliphatic carboxylic acids is 1. The lowest BCUT2D eigenvalue weighted by atomic mass is 9.46. The van der Waals surface area contributed by atoms with Crippen molar-refractivity contribution in [1.82, 2.24) is 0 Å². The fraction of sp³-hybridized carbons (Fsp3) is 0.810. The first kappa shape index (κ1) is 19.6. The molecule has 0 aromatic carbocycles. The van der Waals surface area contributed by atoms with Gasteiger partial charge in [-0.3, -0.25) is 4.79 Å². The number of Topliss-reactive ketones (excluding diaryl/α,β-unsaturated/α-hetero) is 1. The van der Waals surface area contributed by atoms with E-state index in [1.165, 1.54) is 0 Å². The summed E-state index contributed by atoms with van der Waals surface area (Å²) in [7, 11) is 0. The van der Waals surface area contributed by atoms with Crippen LogP contribution < -0.4 is 0 Å². The van der Waals surface area contributed by atoms with Crippen molar-refractivity contribution in [3.63, 3.8) is 0 Å². The first-order valence-electron chi connectivity index (χ1n) is 9.77. The molecule has 0 spiro atoms. The SMILES string of the molecule is C=C[C@]1(C)C[C@@H](OCC(=O)O)[C@]2(C)C(C)CC[C@]3(CCC(=O)C32)C[C@@H]1O. The summed E-state index contributed by atoms with van der Waals surface area (Å²) in [6.07, 6.45) is 5.14. The predicted octanol–water partition coefficient (Wildman–Crippen LogP) is 3.20. The molecule has 3 aliphatic carbocycles. The van der Waals surface area contributed by atoms with E-state index in [1.54, 1.807) is 6.08 Å². The number of carbonyl (C=O) groups excluding carboxylic acids is 1. The number of carbonyl (C=O) groups is 2. The smallest absolute Gasteiger partial charge is 0.329 e. The number of ketones is 1. The molecule has 2 N–H and O–H groups in total. The molecule has 0 radical (unpaired) electrons. The van der Waals surface area contributed by atoms with Gasteiger partial charge in [-0.25, -0.2) is 4.79 Å². The number of hydrogen-bond donors (Lipinski definition) is 2. The van der Waals surface area contributed by atoms with E-state index in [0.29, 0.717) is 19.3 Å². The van der Waals surface area contributed by atoms with Gasteiger partial charge in [0.25, 0.3) is 0 Å². The van der Waals surface area contributed by atoms with E-state index in [1.807, 2.05) is 6.92 Å². The lowest BCUT2D eigenvalue weighted by Crippen LogP contribution is -2.60. The molecule has 0 amide bonds. The van der Waals surface area contributed by atoms with Gasteiger partial charge < -0.3 is 14.9 Å². The van der Waals surface area contributed by atoms with Gasteiger partial charge >= 0.3 is 5.97 Å². The molecule has 3 saturated carbocycles. The zero-order valence-electron chi connectivity index (χ0n) is 16.2. The summed E-state index contributed by atoms with van der Waals surface area (Å²) in [5.74, 6) is -0.659. The van der Waals surface area contributed by atoms with Crippen molar-refractivity contribution in [2.24, 2.45) is 28.1 Å². The normalized spacial score (nSPS) is 48.4. The van der Waals surface area contributed by atoms with E-state index in [0.717, 1.165) is 19.3 Å². The fourth-order valence-corrected chi connectivity index (χ4v) is 6.21. The Hall–Kier alpha value is -1.20. The van der Waals surface area contributed by atoms with Crippen molar-refractivity contribution in [2.45, 2.75) is 71.5 Å². The van der Waals surface area contributed by atoms with Gasteiger partial charge in [-0.15, -0.1) is 6.58 Å². The van der Waals surface area contributed by atoms with E-state index >= 15 is 0 Å². The molecule has 5 nitrogen and oxygen atoms in total. The zero-order valence-corrected chi connectivity index (χ0v) is 16.2. The summed E-state index contributed by atoms with van der Waals surface area (Å²) in [5, 5.41) is 20.2. The molecule has 0 aliphatic heterocycles. The lowest BCUT2D eigenvalue weighted by molar-refractivity contribution is -0.190. The maximum atomic E-state index is 13.0. The topological polar surface area (TPSA) is 83.8 Å². The quantitative estimate of drug-likeness (QED) is 0.749. The van der Waals surface area contributed by atoms with E-state index < -0.39 is 29.0 Å². The van der Waals surface area contributed by atoms with Crippen LogP contribution in [0.4, 0.5) is 0 Å². The maximum absolute atomic E-state index is 13.0. The Morgan fingerprint density at radius 3 is 2.65 bits per heavy atom. The fourth-order valence-electron chi connectivity index (χ4n) is 6.21. The van der Waals surface area contributed by atoms with Crippen LogP contribution in [-0.4, -0.2) is 40.8 Å². The highest BCUT2D eigenvalue weighted by atomic mass is 16.5. The van der Waals surface area contributed by atoms with Crippen molar-refractivity contribution >= 4 is 11.8 Å². The summed E-state index contributed by atoms with van der Waals surface area (Å²) in [4.78, 5) is 24.2. The number of aliphatic hydroxyl groups is 1. The highest BCUT2D eigenvalue weighted by Crippen LogP contribution is 2.66. The summed E-state index contributed by atoms with van der Waals surface area (Å²) in [6.45, 7) is 9.81. The molecule has 0 aromatic rings. The van der Waals surface area contributed by atoms with Crippen molar-refractivity contribution in [3.8, 4) is 0 Å². The van der Waals surface area contributed by atoms with Crippen LogP contribution in [0.5, 0.6) is 0 Å². The van der Waals surface area contributed by atoms with Crippen LogP contribution in [0.3, 0.4) is 0 Å². The Bertz CT molecular complexity index is 616. The molecule has 3 rings (SSSR count). The molecule has 0 aromatic heterocycles. The van der Waals surface area contributed by atoms with Gasteiger partial charge in [-0.05, 0) is 43.4 Å². The molecular weight excluding hydrogens is 332 g/mol. The lowest BCUT2D eigenvalue weighted by Gasteiger charge is -2.60. The molecule has 0 saturated heterocycles. The number of ether oxygens (including phenoxy) is 1. The second-order valence-electron chi connectivity index (χ2n) is 9.39. The van der Waals surface area contributed by atoms with Gasteiger partial charge in [-0.2, -0.15) is 0 Å². The van der Waals surface area contributed by atoms with E-state index in [2.05, 4.69) is 20.4 Å². The third-order valence-corrected chi connectivity index (χ3v) is 8.12. The summed E-state index contributed by atoms with van der Waals surface area (Å²) < 4.78 is 5.93. The predicted molar refractivity (Wildman–Crippen MR) is 97.6 cm³/mol. The number of rotatable bonds is 4. The monoisotopic (exact) mass is 364 g/mol. The number of aliphatic hydroxyl groups excluding tert-OH is 1. The average Bonchev–Trinajstić information content (AvgIpc) is 2.91.